The molecule has 1 aliphatic heterocycles. The summed E-state index contributed by atoms with van der Waals surface area (Å²) in [7, 11) is 0. The van der Waals surface area contributed by atoms with E-state index in [0.29, 0.717) is 23.7 Å². The number of carboxylic acids is 1. The Bertz CT molecular complexity index is 899. The van der Waals surface area contributed by atoms with Gasteiger partial charge in [-0.3, -0.25) is 14.5 Å². The normalized spacial score (nSPS) is 24.1. The molecule has 28 heavy (non-hydrogen) atoms. The van der Waals surface area contributed by atoms with Crippen molar-refractivity contribution in [2.24, 2.45) is 11.3 Å². The highest BCUT2D eigenvalue weighted by Gasteiger charge is 2.54. The predicted molar refractivity (Wildman–Crippen MR) is 109 cm³/mol. The molecule has 0 radical (unpaired) electrons. The van der Waals surface area contributed by atoms with Gasteiger partial charge in [0.15, 0.2) is 0 Å². The first-order chi connectivity index (χ1) is 13.5. The van der Waals surface area contributed by atoms with Crippen LogP contribution in [0.25, 0.3) is 0 Å². The van der Waals surface area contributed by atoms with Gasteiger partial charge in [0.1, 0.15) is 0 Å². The molecule has 2 aromatic carbocycles. The van der Waals surface area contributed by atoms with Gasteiger partial charge in [0.2, 0.25) is 0 Å². The Balaban J connectivity index is 1.42. The average Bonchev–Trinajstić information content (AvgIpc) is 3.20. The first-order valence-electron chi connectivity index (χ1n) is 9.58. The maximum absolute atomic E-state index is 12.4. The van der Waals surface area contributed by atoms with Gasteiger partial charge in [-0.2, -0.15) is 0 Å². The van der Waals surface area contributed by atoms with Crippen LogP contribution in [0.15, 0.2) is 48.5 Å². The van der Waals surface area contributed by atoms with Crippen molar-refractivity contribution in [2.45, 2.75) is 25.8 Å². The number of carbonyl (C=O) groups excluding carboxylic acids is 1. The Morgan fingerprint density at radius 1 is 1.21 bits per heavy atom. The zero-order valence-corrected chi connectivity index (χ0v) is 16.3. The van der Waals surface area contributed by atoms with Gasteiger partial charge in [0.05, 0.1) is 5.41 Å². The number of benzene rings is 2. The summed E-state index contributed by atoms with van der Waals surface area (Å²) in [6.45, 7) is 2.12. The Hall–Kier alpha value is -2.37. The third-order valence-electron chi connectivity index (χ3n) is 6.06. The minimum Gasteiger partial charge on any atom is -0.481 e. The van der Waals surface area contributed by atoms with Crippen LogP contribution in [0, 0.1) is 11.3 Å². The maximum Gasteiger partial charge on any atom is 0.311 e. The number of likely N-dealkylation sites (tertiary alicyclic amines) is 1. The fourth-order valence-electron chi connectivity index (χ4n) is 4.67. The number of halogens is 1. The van der Waals surface area contributed by atoms with Crippen molar-refractivity contribution in [3.05, 3.63) is 64.7 Å². The number of nitrogens with one attached hydrogen (secondary N) is 1. The molecule has 146 valence electrons. The monoisotopic (exact) mass is 398 g/mol. The summed E-state index contributed by atoms with van der Waals surface area (Å²) in [5.74, 6) is -0.589. The number of carbonyl (C=O) groups is 2. The Morgan fingerprint density at radius 2 is 2.00 bits per heavy atom. The minimum absolute atomic E-state index is 0.186. The van der Waals surface area contributed by atoms with Gasteiger partial charge in [-0.1, -0.05) is 30.2 Å². The Morgan fingerprint density at radius 3 is 2.71 bits per heavy atom. The van der Waals surface area contributed by atoms with Crippen molar-refractivity contribution in [3.8, 4) is 0 Å². The van der Waals surface area contributed by atoms with E-state index in [-0.39, 0.29) is 11.8 Å². The summed E-state index contributed by atoms with van der Waals surface area (Å²) in [4.78, 5) is 26.5. The Labute approximate surface area is 169 Å². The van der Waals surface area contributed by atoms with E-state index in [1.54, 1.807) is 24.3 Å². The highest BCUT2D eigenvalue weighted by atomic mass is 35.5. The van der Waals surface area contributed by atoms with E-state index in [1.165, 1.54) is 0 Å². The number of fused-ring (bicyclic) bond motifs is 1. The van der Waals surface area contributed by atoms with Crippen LogP contribution in [0.1, 0.15) is 35.2 Å². The zero-order chi connectivity index (χ0) is 19.7. The van der Waals surface area contributed by atoms with Gasteiger partial charge >= 0.3 is 5.97 Å². The van der Waals surface area contributed by atoms with E-state index in [9.17, 15) is 14.7 Å². The summed E-state index contributed by atoms with van der Waals surface area (Å²) in [5, 5.41) is 13.2. The average molecular weight is 399 g/mol. The van der Waals surface area contributed by atoms with Gasteiger partial charge in [0.25, 0.3) is 5.91 Å². The molecule has 1 saturated heterocycles. The lowest BCUT2D eigenvalue weighted by atomic mass is 9.81. The molecule has 1 heterocycles. The molecule has 1 saturated carbocycles. The maximum atomic E-state index is 12.4. The molecular formula is C22H23ClN2O3. The second kappa shape index (κ2) is 7.57. The lowest BCUT2D eigenvalue weighted by Gasteiger charge is -2.23. The molecule has 4 rings (SSSR count). The van der Waals surface area contributed by atoms with Crippen LogP contribution >= 0.6 is 11.6 Å². The molecule has 0 unspecified atom stereocenters. The van der Waals surface area contributed by atoms with E-state index < -0.39 is 11.4 Å². The number of hydrogen-bond acceptors (Lipinski definition) is 3. The molecule has 1 amide bonds. The number of carboxylic acid groups (broad SMARTS) is 1. The number of nitrogens with zero attached hydrogens (tertiary/aromatic N) is 1. The van der Waals surface area contributed by atoms with Crippen molar-refractivity contribution in [2.75, 3.05) is 18.4 Å². The van der Waals surface area contributed by atoms with Gasteiger partial charge in [-0.25, -0.2) is 0 Å². The molecule has 2 atom stereocenters. The number of rotatable bonds is 5. The van der Waals surface area contributed by atoms with Gasteiger partial charge in [0, 0.05) is 35.9 Å². The first-order valence-corrected chi connectivity index (χ1v) is 9.96. The molecule has 1 aliphatic carbocycles. The third-order valence-corrected chi connectivity index (χ3v) is 6.32. The van der Waals surface area contributed by atoms with Crippen molar-refractivity contribution in [1.29, 1.82) is 0 Å². The van der Waals surface area contributed by atoms with E-state index >= 15 is 0 Å². The third kappa shape index (κ3) is 3.64. The molecule has 5 nitrogen and oxygen atoms in total. The van der Waals surface area contributed by atoms with Crippen molar-refractivity contribution in [1.82, 2.24) is 4.90 Å². The van der Waals surface area contributed by atoms with Crippen LogP contribution < -0.4 is 5.32 Å². The largest absolute Gasteiger partial charge is 0.481 e. The van der Waals surface area contributed by atoms with E-state index in [2.05, 4.69) is 10.2 Å². The SMILES string of the molecule is O=C(Nc1cccc(CN2C[C@@H]3CCC[C@@]3(C(=O)O)C2)c1)c1ccc(Cl)cc1. The minimum atomic E-state index is -0.651. The molecule has 0 aromatic heterocycles. The van der Waals surface area contributed by atoms with E-state index in [0.717, 1.165) is 37.1 Å². The summed E-state index contributed by atoms with van der Waals surface area (Å²) in [5.41, 5.74) is 1.77. The molecule has 0 spiro atoms. The van der Waals surface area contributed by atoms with Gasteiger partial charge in [-0.15, -0.1) is 0 Å². The first kappa shape index (κ1) is 19.0. The quantitative estimate of drug-likeness (QED) is 0.788. The second-order valence-electron chi connectivity index (χ2n) is 7.88. The molecule has 0 bridgehead atoms. The number of aliphatic carboxylic acids is 1. The molecular weight excluding hydrogens is 376 g/mol. The number of amides is 1. The standard InChI is InChI=1S/C22H23ClN2O3/c23-18-8-6-16(7-9-18)20(26)24-19-5-1-3-15(11-19)12-25-13-17-4-2-10-22(17,14-25)21(27)28/h1,3,5-9,11,17H,2,4,10,12-14H2,(H,24,26)(H,27,28)/t17-,22+/m0/s1. The van der Waals surface area contributed by atoms with Crippen LogP contribution in [0.4, 0.5) is 5.69 Å². The zero-order valence-electron chi connectivity index (χ0n) is 15.5. The van der Waals surface area contributed by atoms with Gasteiger partial charge in [-0.05, 0) is 60.7 Å². The number of anilines is 1. The molecule has 6 heteroatoms. The van der Waals surface area contributed by atoms with E-state index in [4.69, 9.17) is 11.6 Å². The Kier molecular flexibility index (Phi) is 5.13. The highest BCUT2D eigenvalue weighted by Crippen LogP contribution is 2.49. The predicted octanol–water partition coefficient (Wildman–Crippen LogP) is 4.28. The van der Waals surface area contributed by atoms with E-state index in [1.807, 2.05) is 24.3 Å². The fourth-order valence-corrected chi connectivity index (χ4v) is 4.80. The second-order valence-corrected chi connectivity index (χ2v) is 8.32. The summed E-state index contributed by atoms with van der Waals surface area (Å²) in [6.07, 6.45) is 2.79. The fraction of sp³-hybridized carbons (Fsp3) is 0.364. The summed E-state index contributed by atoms with van der Waals surface area (Å²) >= 11 is 5.87. The van der Waals surface area contributed by atoms with Gasteiger partial charge < -0.3 is 10.4 Å². The summed E-state index contributed by atoms with van der Waals surface area (Å²) < 4.78 is 0. The van der Waals surface area contributed by atoms with Crippen LogP contribution in [-0.2, 0) is 11.3 Å². The smallest absolute Gasteiger partial charge is 0.311 e. The van der Waals surface area contributed by atoms with Crippen LogP contribution in [0.3, 0.4) is 0 Å². The summed E-state index contributed by atoms with van der Waals surface area (Å²) in [6, 6.07) is 14.5. The topological polar surface area (TPSA) is 69.6 Å². The molecule has 2 aromatic rings. The highest BCUT2D eigenvalue weighted by molar-refractivity contribution is 6.30. The number of hydrogen-bond donors (Lipinski definition) is 2. The van der Waals surface area contributed by atoms with Crippen LogP contribution in [0.5, 0.6) is 0 Å². The van der Waals surface area contributed by atoms with Crippen LogP contribution in [-0.4, -0.2) is 35.0 Å². The van der Waals surface area contributed by atoms with Crippen LogP contribution in [0.2, 0.25) is 5.02 Å². The molecule has 2 N–H and O–H groups in total. The van der Waals surface area contributed by atoms with Crippen molar-refractivity contribution in [3.63, 3.8) is 0 Å². The molecule has 2 fully saturated rings. The lowest BCUT2D eigenvalue weighted by molar-refractivity contribution is -0.149. The molecule has 2 aliphatic rings. The lowest BCUT2D eigenvalue weighted by Crippen LogP contribution is -2.35. The van der Waals surface area contributed by atoms with Crippen molar-refractivity contribution >= 4 is 29.2 Å². The van der Waals surface area contributed by atoms with Crippen molar-refractivity contribution < 1.29 is 14.7 Å².